The summed E-state index contributed by atoms with van der Waals surface area (Å²) in [6.45, 7) is 7.49. The van der Waals surface area contributed by atoms with E-state index in [4.69, 9.17) is 0 Å². The second-order valence-electron chi connectivity index (χ2n) is 3.36. The summed E-state index contributed by atoms with van der Waals surface area (Å²) >= 11 is 0. The second kappa shape index (κ2) is 5.13. The molecule has 2 nitrogen and oxygen atoms in total. The number of allylic oxidation sites excluding steroid dienone is 2. The first kappa shape index (κ1) is 10.4. The summed E-state index contributed by atoms with van der Waals surface area (Å²) in [4.78, 5) is 2.40. The summed E-state index contributed by atoms with van der Waals surface area (Å²) < 4.78 is 0. The lowest BCUT2D eigenvalue weighted by Gasteiger charge is -2.33. The minimum absolute atomic E-state index is 1.01. The minimum Gasteiger partial charge on any atom is -0.356 e. The lowest BCUT2D eigenvalue weighted by molar-refractivity contribution is 0.381. The molecule has 0 saturated carbocycles. The smallest absolute Gasteiger partial charge is 0.160 e. The Morgan fingerprint density at radius 2 is 2.46 bits per heavy atom. The van der Waals surface area contributed by atoms with Crippen molar-refractivity contribution >= 4 is 7.85 Å². The fourth-order valence-electron chi connectivity index (χ4n) is 1.62. The Hall–Kier alpha value is -0.695. The lowest BCUT2D eigenvalue weighted by atomic mass is 10.0. The van der Waals surface area contributed by atoms with Crippen LogP contribution in [0.25, 0.3) is 0 Å². The largest absolute Gasteiger partial charge is 0.356 e. The van der Waals surface area contributed by atoms with Crippen molar-refractivity contribution in [1.82, 2.24) is 10.2 Å². The molecule has 1 fully saturated rings. The maximum absolute atomic E-state index is 3.39. The predicted molar refractivity (Wildman–Crippen MR) is 60.3 cm³/mol. The van der Waals surface area contributed by atoms with E-state index in [0.717, 1.165) is 26.1 Å². The molecule has 0 unspecified atom stereocenters. The van der Waals surface area contributed by atoms with Crippen molar-refractivity contribution in [3.63, 3.8) is 0 Å². The SMILES string of the molecule is B/C(=C/C)N1CCNC/C1=C/CC. The zero-order valence-corrected chi connectivity index (χ0v) is 8.93. The van der Waals surface area contributed by atoms with Gasteiger partial charge in [-0.05, 0) is 18.9 Å². The van der Waals surface area contributed by atoms with Gasteiger partial charge in [0.25, 0.3) is 0 Å². The van der Waals surface area contributed by atoms with Gasteiger partial charge in [0.05, 0.1) is 0 Å². The summed E-state index contributed by atoms with van der Waals surface area (Å²) in [5, 5.41) is 3.39. The van der Waals surface area contributed by atoms with Crippen molar-refractivity contribution in [3.8, 4) is 0 Å². The Bertz CT molecular complexity index is 221. The summed E-state index contributed by atoms with van der Waals surface area (Å²) in [6.07, 6.45) is 5.60. The Morgan fingerprint density at radius 3 is 3.08 bits per heavy atom. The topological polar surface area (TPSA) is 15.3 Å². The van der Waals surface area contributed by atoms with Crippen molar-refractivity contribution in [2.75, 3.05) is 19.6 Å². The standard InChI is InChI=1S/C10H19BN2/c1-3-5-9-8-12-6-7-13(9)10(11)4-2/h4-5,12H,3,6-8,11H2,1-2H3/b9-5-,10-4-. The molecular formula is C10H19BN2. The predicted octanol–water partition coefficient (Wildman–Crippen LogP) is 0.680. The van der Waals surface area contributed by atoms with Crippen molar-refractivity contribution in [2.45, 2.75) is 20.3 Å². The van der Waals surface area contributed by atoms with Crippen LogP contribution in [0.15, 0.2) is 23.4 Å². The summed E-state index contributed by atoms with van der Waals surface area (Å²) in [7, 11) is 2.18. The van der Waals surface area contributed by atoms with Crippen LogP contribution in [0, 0.1) is 0 Å². The molecule has 1 saturated heterocycles. The third kappa shape index (κ3) is 2.63. The van der Waals surface area contributed by atoms with E-state index in [-0.39, 0.29) is 0 Å². The summed E-state index contributed by atoms with van der Waals surface area (Å²) in [5.41, 5.74) is 2.78. The first-order chi connectivity index (χ1) is 6.29. The summed E-state index contributed by atoms with van der Waals surface area (Å²) in [5.74, 6) is 0. The molecule has 3 heteroatoms. The molecule has 72 valence electrons. The van der Waals surface area contributed by atoms with E-state index in [0.29, 0.717) is 0 Å². The van der Waals surface area contributed by atoms with E-state index in [9.17, 15) is 0 Å². The van der Waals surface area contributed by atoms with Crippen LogP contribution in [-0.2, 0) is 0 Å². The van der Waals surface area contributed by atoms with Gasteiger partial charge in [-0.15, -0.1) is 0 Å². The number of hydrogen-bond acceptors (Lipinski definition) is 2. The molecule has 1 aliphatic heterocycles. The van der Waals surface area contributed by atoms with Crippen LogP contribution in [0.1, 0.15) is 20.3 Å². The number of piperazine rings is 1. The Kier molecular flexibility index (Phi) is 4.09. The number of rotatable bonds is 2. The Balaban J connectivity index is 2.73. The van der Waals surface area contributed by atoms with Gasteiger partial charge in [0.2, 0.25) is 0 Å². The zero-order chi connectivity index (χ0) is 9.68. The van der Waals surface area contributed by atoms with E-state index < -0.39 is 0 Å². The van der Waals surface area contributed by atoms with Gasteiger partial charge >= 0.3 is 0 Å². The molecule has 13 heavy (non-hydrogen) atoms. The lowest BCUT2D eigenvalue weighted by Crippen LogP contribution is -2.41. The second-order valence-corrected chi connectivity index (χ2v) is 3.36. The molecule has 0 bridgehead atoms. The van der Waals surface area contributed by atoms with Gasteiger partial charge in [0.1, 0.15) is 0 Å². The molecule has 0 radical (unpaired) electrons. The first-order valence-electron chi connectivity index (χ1n) is 5.09. The molecule has 1 N–H and O–H groups in total. The van der Waals surface area contributed by atoms with Gasteiger partial charge in [-0.2, -0.15) is 0 Å². The molecule has 0 aromatic heterocycles. The average molecular weight is 178 g/mol. The van der Waals surface area contributed by atoms with E-state index in [2.05, 4.69) is 44.1 Å². The molecule has 0 aromatic carbocycles. The number of hydrogen-bond donors (Lipinski definition) is 1. The van der Waals surface area contributed by atoms with Gasteiger partial charge < -0.3 is 10.2 Å². The molecule has 0 spiro atoms. The highest BCUT2D eigenvalue weighted by Gasteiger charge is 2.13. The molecule has 0 amide bonds. The van der Waals surface area contributed by atoms with Crippen LogP contribution in [0.3, 0.4) is 0 Å². The maximum Gasteiger partial charge on any atom is 0.160 e. The Labute approximate surface area is 82.1 Å². The minimum atomic E-state index is 1.01. The van der Waals surface area contributed by atoms with E-state index in [1.807, 2.05) is 0 Å². The zero-order valence-electron chi connectivity index (χ0n) is 8.93. The van der Waals surface area contributed by atoms with Crippen molar-refractivity contribution < 1.29 is 0 Å². The van der Waals surface area contributed by atoms with Crippen molar-refractivity contribution in [2.24, 2.45) is 0 Å². The molecular weight excluding hydrogens is 159 g/mol. The quantitative estimate of drug-likeness (QED) is 0.625. The van der Waals surface area contributed by atoms with Crippen molar-refractivity contribution in [3.05, 3.63) is 23.4 Å². The summed E-state index contributed by atoms with van der Waals surface area (Å²) in [6, 6.07) is 0. The van der Waals surface area contributed by atoms with Gasteiger partial charge in [-0.3, -0.25) is 0 Å². The van der Waals surface area contributed by atoms with Crippen LogP contribution >= 0.6 is 0 Å². The monoisotopic (exact) mass is 178 g/mol. The first-order valence-corrected chi connectivity index (χ1v) is 5.09. The highest BCUT2D eigenvalue weighted by atomic mass is 15.2. The van der Waals surface area contributed by atoms with E-state index in [1.54, 1.807) is 0 Å². The third-order valence-corrected chi connectivity index (χ3v) is 2.45. The maximum atomic E-state index is 3.39. The number of nitrogens with zero attached hydrogens (tertiary/aromatic N) is 1. The van der Waals surface area contributed by atoms with Gasteiger partial charge in [0, 0.05) is 25.3 Å². The fraction of sp³-hybridized carbons (Fsp3) is 0.600. The third-order valence-electron chi connectivity index (χ3n) is 2.45. The van der Waals surface area contributed by atoms with E-state index in [1.165, 1.54) is 11.3 Å². The van der Waals surface area contributed by atoms with Crippen LogP contribution in [0.2, 0.25) is 0 Å². The average Bonchev–Trinajstić information content (AvgIpc) is 2.18. The molecule has 1 rings (SSSR count). The normalized spacial score (nSPS) is 22.5. The highest BCUT2D eigenvalue weighted by molar-refractivity contribution is 6.21. The van der Waals surface area contributed by atoms with Gasteiger partial charge in [-0.1, -0.05) is 19.1 Å². The van der Waals surface area contributed by atoms with Crippen LogP contribution < -0.4 is 5.32 Å². The van der Waals surface area contributed by atoms with Crippen LogP contribution in [-0.4, -0.2) is 32.4 Å². The fourth-order valence-corrected chi connectivity index (χ4v) is 1.62. The molecule has 0 atom stereocenters. The highest BCUT2D eigenvalue weighted by Crippen LogP contribution is 2.13. The van der Waals surface area contributed by atoms with Gasteiger partial charge in [0.15, 0.2) is 7.85 Å². The Morgan fingerprint density at radius 1 is 1.69 bits per heavy atom. The molecule has 1 aliphatic rings. The molecule has 0 aliphatic carbocycles. The van der Waals surface area contributed by atoms with Crippen molar-refractivity contribution in [1.29, 1.82) is 0 Å². The molecule has 0 aromatic rings. The van der Waals surface area contributed by atoms with Crippen LogP contribution in [0.5, 0.6) is 0 Å². The van der Waals surface area contributed by atoms with E-state index >= 15 is 0 Å². The molecule has 1 heterocycles. The number of nitrogens with one attached hydrogen (secondary N) is 1. The van der Waals surface area contributed by atoms with Gasteiger partial charge in [-0.25, -0.2) is 0 Å². The van der Waals surface area contributed by atoms with Crippen LogP contribution in [0.4, 0.5) is 0 Å².